The molecule has 0 aliphatic heterocycles. The molecule has 236 valence electrons. The van der Waals surface area contributed by atoms with E-state index in [4.69, 9.17) is 8.85 Å². The van der Waals surface area contributed by atoms with Crippen LogP contribution in [0.25, 0.3) is 0 Å². The minimum Gasteiger partial charge on any atom is -0.416 e. The van der Waals surface area contributed by atoms with Crippen LogP contribution in [0.2, 0.25) is 24.2 Å². The van der Waals surface area contributed by atoms with E-state index in [-0.39, 0.29) is 0 Å². The van der Waals surface area contributed by atoms with E-state index in [2.05, 4.69) is 67.2 Å². The largest absolute Gasteiger partial charge is 0.416 e. The normalized spacial score (nSPS) is 14.2. The minimum atomic E-state index is -1.86. The molecule has 0 heterocycles. The van der Waals surface area contributed by atoms with Crippen LogP contribution in [0, 0.1) is 0 Å². The highest BCUT2D eigenvalue weighted by Crippen LogP contribution is 2.41. The molecule has 2 unspecified atom stereocenters. The van der Waals surface area contributed by atoms with Gasteiger partial charge in [-0.25, -0.2) is 0 Å². The Morgan fingerprint density at radius 3 is 0.923 bits per heavy atom. The zero-order chi connectivity index (χ0) is 29.2. The quantitative estimate of drug-likeness (QED) is 0.0601. The molecule has 0 aromatic carbocycles. The smallest absolute Gasteiger partial charge is 0.205 e. The zero-order valence-electron chi connectivity index (χ0n) is 28.4. The Labute approximate surface area is 254 Å². The van der Waals surface area contributed by atoms with E-state index in [1.807, 2.05) is 0 Å². The Morgan fingerprint density at radius 2 is 0.667 bits per heavy atom. The SMILES string of the molecule is CCCCCO[Si](CCCCC)(CCCCC)C(C)SC(C)[Si](CCCCC)(CCCCC)OCCCCC. The van der Waals surface area contributed by atoms with Gasteiger partial charge in [0.2, 0.25) is 16.6 Å². The van der Waals surface area contributed by atoms with Gasteiger partial charge in [0.25, 0.3) is 0 Å². The number of hydrogen-bond acceptors (Lipinski definition) is 3. The fourth-order valence-corrected chi connectivity index (χ4v) is 19.8. The van der Waals surface area contributed by atoms with Gasteiger partial charge in [0, 0.05) is 23.0 Å². The van der Waals surface area contributed by atoms with E-state index in [0.717, 1.165) is 13.2 Å². The van der Waals surface area contributed by atoms with Crippen LogP contribution in [0.1, 0.15) is 171 Å². The number of hydrogen-bond donors (Lipinski definition) is 0. The van der Waals surface area contributed by atoms with Crippen molar-refractivity contribution in [3.8, 4) is 0 Å². The molecule has 0 aliphatic rings. The van der Waals surface area contributed by atoms with E-state index in [1.54, 1.807) is 0 Å². The van der Waals surface area contributed by atoms with Gasteiger partial charge in [-0.3, -0.25) is 0 Å². The van der Waals surface area contributed by atoms with Crippen molar-refractivity contribution in [2.45, 2.75) is 205 Å². The highest BCUT2D eigenvalue weighted by Gasteiger charge is 2.46. The van der Waals surface area contributed by atoms with Gasteiger partial charge in [-0.15, -0.1) is 0 Å². The molecule has 0 bridgehead atoms. The minimum absolute atomic E-state index is 0.659. The van der Waals surface area contributed by atoms with Crippen LogP contribution in [0.5, 0.6) is 0 Å². The molecule has 0 amide bonds. The van der Waals surface area contributed by atoms with Crippen molar-refractivity contribution in [3.05, 3.63) is 0 Å². The molecular formula is C34H74O2SSi2. The average Bonchev–Trinajstić information content (AvgIpc) is 2.93. The Kier molecular flexibility index (Phi) is 26.8. The maximum absolute atomic E-state index is 7.20. The summed E-state index contributed by atoms with van der Waals surface area (Å²) in [5.41, 5.74) is 0. The first-order valence-electron chi connectivity index (χ1n) is 17.8. The molecule has 0 aromatic rings. The lowest BCUT2D eigenvalue weighted by Gasteiger charge is -2.42. The second-order valence-corrected chi connectivity index (χ2v) is 23.6. The van der Waals surface area contributed by atoms with Crippen LogP contribution in [0.3, 0.4) is 0 Å². The molecule has 39 heavy (non-hydrogen) atoms. The van der Waals surface area contributed by atoms with Gasteiger partial charge in [0.1, 0.15) is 0 Å². The summed E-state index contributed by atoms with van der Waals surface area (Å²) in [5, 5.41) is 0. The summed E-state index contributed by atoms with van der Waals surface area (Å²) in [6.07, 6.45) is 23.8. The summed E-state index contributed by atoms with van der Waals surface area (Å²) >= 11 is 2.35. The van der Waals surface area contributed by atoms with E-state index < -0.39 is 16.6 Å². The van der Waals surface area contributed by atoms with Crippen molar-refractivity contribution < 1.29 is 8.85 Å². The summed E-state index contributed by atoms with van der Waals surface area (Å²) in [6, 6.07) is 5.48. The summed E-state index contributed by atoms with van der Waals surface area (Å²) in [4.78, 5) is 1.32. The summed E-state index contributed by atoms with van der Waals surface area (Å²) in [7, 11) is -3.71. The molecule has 0 saturated carbocycles. The molecule has 2 atom stereocenters. The van der Waals surface area contributed by atoms with Crippen molar-refractivity contribution in [3.63, 3.8) is 0 Å². The fourth-order valence-electron chi connectivity index (χ4n) is 6.09. The van der Waals surface area contributed by atoms with E-state index in [0.29, 0.717) is 9.75 Å². The van der Waals surface area contributed by atoms with Crippen molar-refractivity contribution in [1.82, 2.24) is 0 Å². The third-order valence-corrected chi connectivity index (χ3v) is 22.5. The van der Waals surface area contributed by atoms with Crippen molar-refractivity contribution in [1.29, 1.82) is 0 Å². The Bertz CT molecular complexity index is 455. The molecule has 0 radical (unpaired) electrons. The first kappa shape index (κ1) is 39.7. The van der Waals surface area contributed by atoms with Gasteiger partial charge in [-0.2, -0.15) is 11.8 Å². The Morgan fingerprint density at radius 1 is 0.410 bits per heavy atom. The fraction of sp³-hybridized carbons (Fsp3) is 1.00. The highest BCUT2D eigenvalue weighted by atomic mass is 32.2. The van der Waals surface area contributed by atoms with E-state index in [1.165, 1.54) is 140 Å². The van der Waals surface area contributed by atoms with Gasteiger partial charge in [0.15, 0.2) is 0 Å². The van der Waals surface area contributed by atoms with Gasteiger partial charge >= 0.3 is 0 Å². The predicted molar refractivity (Wildman–Crippen MR) is 186 cm³/mol. The van der Waals surface area contributed by atoms with Gasteiger partial charge in [-0.05, 0) is 37.0 Å². The molecule has 0 aliphatic carbocycles. The monoisotopic (exact) mass is 602 g/mol. The molecule has 0 N–H and O–H groups in total. The van der Waals surface area contributed by atoms with Crippen LogP contribution in [-0.2, 0) is 8.85 Å². The second-order valence-electron chi connectivity index (χ2n) is 12.5. The van der Waals surface area contributed by atoms with Crippen molar-refractivity contribution >= 4 is 28.4 Å². The lowest BCUT2D eigenvalue weighted by molar-refractivity contribution is 0.282. The lowest BCUT2D eigenvalue weighted by Crippen LogP contribution is -2.53. The summed E-state index contributed by atoms with van der Waals surface area (Å²) in [6.45, 7) is 21.2. The van der Waals surface area contributed by atoms with E-state index >= 15 is 0 Å². The zero-order valence-corrected chi connectivity index (χ0v) is 31.2. The molecule has 0 saturated heterocycles. The third-order valence-electron chi connectivity index (χ3n) is 8.98. The standard InChI is InChI=1S/C34H74O2SSi2/c1-9-15-21-27-35-38(29-23-17-11-3,30-24-18-12-4)33(7)37-34(8)39(31-25-19-13-5,32-26-20-14-6)36-28-22-16-10-2/h33-34H,9-32H2,1-8H3. The molecule has 0 spiro atoms. The number of rotatable bonds is 30. The summed E-state index contributed by atoms with van der Waals surface area (Å²) in [5.74, 6) is 0. The number of thioether (sulfide) groups is 1. The topological polar surface area (TPSA) is 18.5 Å². The molecule has 0 rings (SSSR count). The Hall–Kier alpha value is 0.704. The van der Waals surface area contributed by atoms with Crippen molar-refractivity contribution in [2.24, 2.45) is 0 Å². The van der Waals surface area contributed by atoms with Crippen LogP contribution < -0.4 is 0 Å². The maximum Gasteiger partial charge on any atom is 0.205 e. The van der Waals surface area contributed by atoms with Crippen molar-refractivity contribution in [2.75, 3.05) is 13.2 Å². The molecule has 0 aromatic heterocycles. The van der Waals surface area contributed by atoms with Gasteiger partial charge in [0.05, 0.1) is 0 Å². The van der Waals surface area contributed by atoms with Crippen LogP contribution in [-0.4, -0.2) is 39.6 Å². The molecule has 5 heteroatoms. The van der Waals surface area contributed by atoms with Crippen LogP contribution >= 0.6 is 11.8 Å². The van der Waals surface area contributed by atoms with Crippen LogP contribution in [0.15, 0.2) is 0 Å². The molecule has 0 fully saturated rings. The van der Waals surface area contributed by atoms with E-state index in [9.17, 15) is 0 Å². The first-order valence-corrected chi connectivity index (χ1v) is 23.6. The highest BCUT2D eigenvalue weighted by molar-refractivity contribution is 8.03. The number of unbranched alkanes of at least 4 members (excludes halogenated alkanes) is 12. The predicted octanol–water partition coefficient (Wildman–Crippen LogP) is 12.6. The lowest BCUT2D eigenvalue weighted by atomic mass is 10.3. The Balaban J connectivity index is 6.02. The average molecular weight is 603 g/mol. The second kappa shape index (κ2) is 26.3. The molecule has 2 nitrogen and oxygen atoms in total. The van der Waals surface area contributed by atoms with Crippen LogP contribution in [0.4, 0.5) is 0 Å². The molecular weight excluding hydrogens is 529 g/mol. The summed E-state index contributed by atoms with van der Waals surface area (Å²) < 4.78 is 14.4. The van der Waals surface area contributed by atoms with Gasteiger partial charge in [-0.1, -0.05) is 158 Å². The maximum atomic E-state index is 7.20. The van der Waals surface area contributed by atoms with Gasteiger partial charge < -0.3 is 8.85 Å². The first-order chi connectivity index (χ1) is 18.9. The third kappa shape index (κ3) is 17.4.